The number of amides is 3. The van der Waals surface area contributed by atoms with E-state index in [0.29, 0.717) is 47.7 Å². The normalized spacial score (nSPS) is 11.2. The summed E-state index contributed by atoms with van der Waals surface area (Å²) in [5.41, 5.74) is 5.61. The number of rotatable bonds is 13. The number of guanidine groups is 1. The number of ether oxygens (including phenoxy) is 1. The summed E-state index contributed by atoms with van der Waals surface area (Å²) in [7, 11) is 0. The van der Waals surface area contributed by atoms with Gasteiger partial charge in [-0.05, 0) is 73.5 Å². The predicted octanol–water partition coefficient (Wildman–Crippen LogP) is 7.00. The van der Waals surface area contributed by atoms with Gasteiger partial charge in [0.1, 0.15) is 23.0 Å². The highest BCUT2D eigenvalue weighted by molar-refractivity contribution is 6.31. The number of urea groups is 1. The van der Waals surface area contributed by atoms with Crippen LogP contribution in [0.5, 0.6) is 11.5 Å². The number of hydrogen-bond acceptors (Lipinski definition) is 8. The second kappa shape index (κ2) is 17.9. The van der Waals surface area contributed by atoms with E-state index in [1.807, 2.05) is 6.19 Å². The first-order valence-corrected chi connectivity index (χ1v) is 15.5. The van der Waals surface area contributed by atoms with Gasteiger partial charge in [0.05, 0.1) is 22.5 Å². The maximum Gasteiger partial charge on any atom is 0.417 e. The minimum Gasteiger partial charge on any atom is -0.457 e. The summed E-state index contributed by atoms with van der Waals surface area (Å²) >= 11 is 5.62. The zero-order valence-corrected chi connectivity index (χ0v) is 27.1. The van der Waals surface area contributed by atoms with Crippen LogP contribution in [0, 0.1) is 11.5 Å². The molecule has 0 spiro atoms. The quantitative estimate of drug-likeness (QED) is 0.0279. The van der Waals surface area contributed by atoms with Crippen molar-refractivity contribution in [3.8, 4) is 17.7 Å². The molecule has 3 amide bonds. The average Bonchev–Trinajstić information content (AvgIpc) is 3.08. The molecule has 260 valence electrons. The molecule has 2 heterocycles. The molecule has 50 heavy (non-hydrogen) atoms. The molecule has 7 N–H and O–H groups in total. The molecular formula is C33H32ClF3N10O3. The highest BCUT2D eigenvalue weighted by Gasteiger charge is 2.33. The number of aromatic nitrogens is 2. The van der Waals surface area contributed by atoms with E-state index in [2.05, 4.69) is 41.5 Å². The first kappa shape index (κ1) is 36.8. The van der Waals surface area contributed by atoms with E-state index in [9.17, 15) is 22.8 Å². The number of nitrogens with zero attached hydrogens (tertiary/aromatic N) is 4. The Morgan fingerprint density at radius 1 is 0.880 bits per heavy atom. The fourth-order valence-corrected chi connectivity index (χ4v) is 4.53. The van der Waals surface area contributed by atoms with Crippen LogP contribution in [-0.2, 0) is 6.18 Å². The second-order valence-electron chi connectivity index (χ2n) is 10.5. The van der Waals surface area contributed by atoms with Gasteiger partial charge < -0.3 is 31.7 Å². The number of pyridine rings is 2. The molecule has 2 aromatic carbocycles. The number of carbonyl (C=O) groups is 2. The third-order valence-corrected chi connectivity index (χ3v) is 7.03. The molecule has 0 saturated carbocycles. The lowest BCUT2D eigenvalue weighted by Gasteiger charge is -2.12. The van der Waals surface area contributed by atoms with Gasteiger partial charge >= 0.3 is 12.2 Å². The van der Waals surface area contributed by atoms with Gasteiger partial charge in [-0.15, -0.1) is 0 Å². The molecule has 0 fully saturated rings. The van der Waals surface area contributed by atoms with E-state index in [4.69, 9.17) is 27.3 Å². The largest absolute Gasteiger partial charge is 0.457 e. The Balaban J connectivity index is 1.16. The summed E-state index contributed by atoms with van der Waals surface area (Å²) in [4.78, 5) is 37.4. The Hall–Kier alpha value is -6.08. The Bertz CT molecular complexity index is 1830. The number of carbonyl (C=O) groups excluding carboxylic acids is 2. The molecular weight excluding hydrogens is 677 g/mol. The van der Waals surface area contributed by atoms with Crippen LogP contribution in [0.1, 0.15) is 41.7 Å². The van der Waals surface area contributed by atoms with Gasteiger partial charge in [-0.25, -0.2) is 9.78 Å². The van der Waals surface area contributed by atoms with Crippen LogP contribution in [-0.4, -0.2) is 41.0 Å². The molecule has 13 nitrogen and oxygen atoms in total. The first-order chi connectivity index (χ1) is 24.0. The van der Waals surface area contributed by atoms with Crippen molar-refractivity contribution in [3.05, 3.63) is 95.4 Å². The van der Waals surface area contributed by atoms with Crippen molar-refractivity contribution in [2.45, 2.75) is 31.9 Å². The molecule has 0 aliphatic heterocycles. The van der Waals surface area contributed by atoms with E-state index >= 15 is 0 Å². The van der Waals surface area contributed by atoms with Crippen molar-refractivity contribution in [1.82, 2.24) is 20.6 Å². The number of halogens is 4. The molecule has 0 saturated heterocycles. The highest BCUT2D eigenvalue weighted by Crippen LogP contribution is 2.36. The van der Waals surface area contributed by atoms with E-state index in [1.165, 1.54) is 36.7 Å². The molecule has 2 aromatic heterocycles. The van der Waals surface area contributed by atoms with Crippen molar-refractivity contribution in [1.29, 1.82) is 5.26 Å². The monoisotopic (exact) mass is 708 g/mol. The lowest BCUT2D eigenvalue weighted by atomic mass is 10.2. The number of unbranched alkanes of at least 4 members (excludes halogenated alkanes) is 3. The maximum absolute atomic E-state index is 13.1. The summed E-state index contributed by atoms with van der Waals surface area (Å²) in [5, 5.41) is 21.7. The molecule has 0 aliphatic rings. The van der Waals surface area contributed by atoms with Crippen LogP contribution in [0.3, 0.4) is 0 Å². The summed E-state index contributed by atoms with van der Waals surface area (Å²) in [6.45, 7) is 0.946. The zero-order chi connectivity index (χ0) is 35.9. The molecule has 0 radical (unpaired) electrons. The third-order valence-electron chi connectivity index (χ3n) is 6.71. The average molecular weight is 709 g/mol. The molecule has 0 bridgehead atoms. The number of hydrogen-bond donors (Lipinski definition) is 6. The van der Waals surface area contributed by atoms with E-state index in [-0.39, 0.29) is 17.3 Å². The van der Waals surface area contributed by atoms with Crippen LogP contribution < -0.4 is 37.1 Å². The van der Waals surface area contributed by atoms with E-state index < -0.39 is 22.8 Å². The van der Waals surface area contributed by atoms with Crippen molar-refractivity contribution in [3.63, 3.8) is 0 Å². The van der Waals surface area contributed by atoms with Gasteiger partial charge in [-0.2, -0.15) is 18.4 Å². The molecule has 4 aromatic rings. The minimum absolute atomic E-state index is 0.0822. The molecule has 4 rings (SSSR count). The van der Waals surface area contributed by atoms with Crippen LogP contribution >= 0.6 is 11.6 Å². The van der Waals surface area contributed by atoms with Crippen LogP contribution in [0.2, 0.25) is 5.02 Å². The summed E-state index contributed by atoms with van der Waals surface area (Å²) in [6.07, 6.45) is 3.42. The summed E-state index contributed by atoms with van der Waals surface area (Å²) in [6, 6.07) is 15.0. The van der Waals surface area contributed by atoms with Gasteiger partial charge in [0.2, 0.25) is 5.96 Å². The summed E-state index contributed by atoms with van der Waals surface area (Å²) < 4.78 is 45.1. The predicted molar refractivity (Wildman–Crippen MR) is 184 cm³/mol. The van der Waals surface area contributed by atoms with Crippen molar-refractivity contribution in [2.75, 3.05) is 34.8 Å². The van der Waals surface area contributed by atoms with Crippen molar-refractivity contribution < 1.29 is 27.5 Å². The SMILES string of the molecule is N#CNC(=NCCCCCCNC(=O)c1cc(Oc2ccc(NC(=O)Nc3ccc(Cl)c(C(F)(F)F)c3)cc2)ccn1)Nc1ccc(N)nc1. The van der Waals surface area contributed by atoms with E-state index in [1.54, 1.807) is 30.3 Å². The maximum atomic E-state index is 13.1. The summed E-state index contributed by atoms with van der Waals surface area (Å²) in [5.74, 6) is 1.10. The second-order valence-corrected chi connectivity index (χ2v) is 10.9. The van der Waals surface area contributed by atoms with Gasteiger partial charge in [0, 0.05) is 36.7 Å². The highest BCUT2D eigenvalue weighted by atomic mass is 35.5. The van der Waals surface area contributed by atoms with Crippen LogP contribution in [0.25, 0.3) is 0 Å². The molecule has 17 heteroatoms. The number of aliphatic imine (C=N–C) groups is 1. The van der Waals surface area contributed by atoms with Gasteiger partial charge in [-0.3, -0.25) is 20.1 Å². The fraction of sp³-hybridized carbons (Fsp3) is 0.212. The van der Waals surface area contributed by atoms with Gasteiger partial charge in [-0.1, -0.05) is 24.4 Å². The molecule has 0 atom stereocenters. The van der Waals surface area contributed by atoms with Gasteiger partial charge in [0.25, 0.3) is 5.91 Å². The number of anilines is 4. The van der Waals surface area contributed by atoms with Crippen LogP contribution in [0.15, 0.2) is 84.1 Å². The number of nitriles is 1. The molecule has 0 aliphatic carbocycles. The Morgan fingerprint density at radius 3 is 2.32 bits per heavy atom. The Morgan fingerprint density at radius 2 is 1.60 bits per heavy atom. The lowest BCUT2D eigenvalue weighted by molar-refractivity contribution is -0.137. The lowest BCUT2D eigenvalue weighted by Crippen LogP contribution is -2.27. The number of nitrogens with two attached hydrogens (primary N) is 1. The number of nitrogen functional groups attached to an aromatic ring is 1. The molecule has 0 unspecified atom stereocenters. The third kappa shape index (κ3) is 11.9. The minimum atomic E-state index is -4.67. The van der Waals surface area contributed by atoms with Gasteiger partial charge in [0.15, 0.2) is 6.19 Å². The smallest absolute Gasteiger partial charge is 0.417 e. The first-order valence-electron chi connectivity index (χ1n) is 15.1. The standard InChI is InChI=1S/C33H32ClF3N10O3/c34-27-11-7-22(17-26(27)33(35,36)37)47-32(49)46-21-5-9-24(10-6-21)50-25-13-16-40-28(18-25)30(48)41-14-3-1-2-4-15-42-31(44-20-38)45-23-8-12-29(39)43-19-23/h5-13,16-19H,1-4,14-15H2,(H2,39,43)(H,41,48)(H2,42,44,45)(H2,46,47,49). The number of nitrogens with one attached hydrogen (secondary N) is 5. The Labute approximate surface area is 290 Å². The Kier molecular flexibility index (Phi) is 13.2. The van der Waals surface area contributed by atoms with Crippen molar-refractivity contribution in [2.24, 2.45) is 4.99 Å². The number of alkyl halides is 3. The number of benzene rings is 2. The van der Waals surface area contributed by atoms with Crippen LogP contribution in [0.4, 0.5) is 40.8 Å². The zero-order valence-electron chi connectivity index (χ0n) is 26.4. The topological polar surface area (TPSA) is 191 Å². The van der Waals surface area contributed by atoms with Crippen molar-refractivity contribution >= 4 is 52.4 Å². The van der Waals surface area contributed by atoms with E-state index in [0.717, 1.165) is 37.8 Å². The fourth-order valence-electron chi connectivity index (χ4n) is 4.31.